The van der Waals surface area contributed by atoms with Crippen LogP contribution in [0.2, 0.25) is 18.6 Å². The summed E-state index contributed by atoms with van der Waals surface area (Å²) < 4.78 is 29.5. The summed E-state index contributed by atoms with van der Waals surface area (Å²) in [6.07, 6.45) is 3.85. The van der Waals surface area contributed by atoms with Gasteiger partial charge in [0.1, 0.15) is 0 Å². The highest BCUT2D eigenvalue weighted by atomic mass is 28.4. The summed E-state index contributed by atoms with van der Waals surface area (Å²) in [5, 5.41) is 9.76. The maximum absolute atomic E-state index is 16.1. The van der Waals surface area contributed by atoms with Crippen LogP contribution in [0.5, 0.6) is 5.75 Å². The minimum absolute atomic E-state index is 0.0767. The molecule has 3 aliphatic heterocycles. The Balaban J connectivity index is 1.62. The number of amides is 2. The van der Waals surface area contributed by atoms with Crippen LogP contribution in [0.1, 0.15) is 31.7 Å². The van der Waals surface area contributed by atoms with Crippen molar-refractivity contribution in [2.24, 2.45) is 5.92 Å². The number of hydrogen-bond acceptors (Lipinski definition) is 6. The molecule has 11 heteroatoms. The lowest BCUT2D eigenvalue weighted by Gasteiger charge is -2.31. The first kappa shape index (κ1) is 29.2. The summed E-state index contributed by atoms with van der Waals surface area (Å²) in [6, 6.07) is 8.28. The molecule has 9 nitrogen and oxygen atoms in total. The van der Waals surface area contributed by atoms with E-state index >= 15 is 4.11 Å². The fourth-order valence-electron chi connectivity index (χ4n) is 7.17. The van der Waals surface area contributed by atoms with Crippen LogP contribution in [-0.2, 0) is 19.9 Å². The van der Waals surface area contributed by atoms with Gasteiger partial charge >= 0.3 is 0 Å². The minimum atomic E-state index is -3.47. The third kappa shape index (κ3) is 4.63. The van der Waals surface area contributed by atoms with Crippen LogP contribution >= 0.6 is 0 Å². The number of anilines is 1. The summed E-state index contributed by atoms with van der Waals surface area (Å²) in [6.45, 7) is 9.46. The van der Waals surface area contributed by atoms with Crippen LogP contribution < -0.4 is 15.2 Å². The van der Waals surface area contributed by atoms with E-state index in [9.17, 15) is 19.5 Å². The molecule has 4 heterocycles. The van der Waals surface area contributed by atoms with E-state index in [0.29, 0.717) is 23.5 Å². The van der Waals surface area contributed by atoms with E-state index in [0.717, 1.165) is 12.8 Å². The zero-order chi connectivity index (χ0) is 29.7. The number of ether oxygens (including phenoxy) is 2. The maximum atomic E-state index is 16.1. The molecule has 0 bridgehead atoms. The number of fused-ring (bicyclic) bond motifs is 2. The zero-order valence-electron chi connectivity index (χ0n) is 24.0. The molecule has 41 heavy (non-hydrogen) atoms. The quantitative estimate of drug-likeness (QED) is 0.290. The Kier molecular flexibility index (Phi) is 7.73. The molecule has 2 saturated heterocycles. The molecule has 3 aliphatic rings. The van der Waals surface area contributed by atoms with E-state index in [1.54, 1.807) is 65.5 Å². The lowest BCUT2D eigenvalue weighted by molar-refractivity contribution is -0.149. The van der Waals surface area contributed by atoms with Gasteiger partial charge in [0.25, 0.3) is 11.5 Å². The van der Waals surface area contributed by atoms with Crippen LogP contribution in [0, 0.1) is 5.92 Å². The predicted octanol–water partition coefficient (Wildman–Crippen LogP) is 3.53. The molecule has 2 fully saturated rings. The molecular weight excluding hydrogens is 545 g/mol. The van der Waals surface area contributed by atoms with Crippen molar-refractivity contribution in [3.05, 3.63) is 65.1 Å². The smallest absolute Gasteiger partial charge is 0.297 e. The molecule has 0 unspecified atom stereocenters. The second-order valence-corrected chi connectivity index (χ2v) is 15.5. The SMILES string of the molecule is C=CCN1C(=O)[C@@]2(O[C@@H](CC(=O)N3CCC[C@H]3CO)[C@H]([Si](C)(C)F)[C@H]2C)c2cc(-n3cccc(OC)c3=O)ccc21. The van der Waals surface area contributed by atoms with Crippen molar-refractivity contribution in [3.63, 3.8) is 0 Å². The predicted molar refractivity (Wildman–Crippen MR) is 156 cm³/mol. The first-order chi connectivity index (χ1) is 19.5. The number of hydrogen-bond donors (Lipinski definition) is 1. The van der Waals surface area contributed by atoms with Crippen LogP contribution in [0.3, 0.4) is 0 Å². The summed E-state index contributed by atoms with van der Waals surface area (Å²) >= 11 is 0. The fraction of sp³-hybridized carbons (Fsp3) is 0.500. The van der Waals surface area contributed by atoms with Crippen molar-refractivity contribution in [1.82, 2.24) is 9.47 Å². The molecule has 1 N–H and O–H groups in total. The molecular formula is C30H38FN3O6Si. The zero-order valence-corrected chi connectivity index (χ0v) is 25.0. The number of carbonyl (C=O) groups is 2. The van der Waals surface area contributed by atoms with E-state index in [4.69, 9.17) is 9.47 Å². The molecule has 1 aromatic heterocycles. The molecule has 220 valence electrons. The topological polar surface area (TPSA) is 101 Å². The Bertz CT molecular complexity index is 1420. The van der Waals surface area contributed by atoms with Crippen LogP contribution in [-0.4, -0.2) is 73.7 Å². The highest BCUT2D eigenvalue weighted by Crippen LogP contribution is 2.60. The molecule has 0 radical (unpaired) electrons. The first-order valence-electron chi connectivity index (χ1n) is 14.1. The van der Waals surface area contributed by atoms with Crippen LogP contribution in [0.15, 0.2) is 54.0 Å². The molecule has 1 spiro atoms. The number of halogens is 1. The van der Waals surface area contributed by atoms with Gasteiger partial charge < -0.3 is 28.5 Å². The first-order valence-corrected chi connectivity index (χ1v) is 17.1. The Morgan fingerprint density at radius 1 is 1.32 bits per heavy atom. The Morgan fingerprint density at radius 2 is 2.07 bits per heavy atom. The molecule has 1 aromatic carbocycles. The van der Waals surface area contributed by atoms with Gasteiger partial charge in [0, 0.05) is 42.0 Å². The van der Waals surface area contributed by atoms with E-state index in [1.807, 2.05) is 6.92 Å². The maximum Gasteiger partial charge on any atom is 0.297 e. The monoisotopic (exact) mass is 583 g/mol. The largest absolute Gasteiger partial charge is 0.491 e. The van der Waals surface area contributed by atoms with Crippen molar-refractivity contribution in [2.45, 2.75) is 62.6 Å². The number of carbonyl (C=O) groups excluding carboxylic acids is 2. The van der Waals surface area contributed by atoms with Gasteiger partial charge in [-0.25, -0.2) is 0 Å². The summed E-state index contributed by atoms with van der Waals surface area (Å²) in [5.74, 6) is -0.950. The second-order valence-electron chi connectivity index (χ2n) is 11.7. The third-order valence-corrected chi connectivity index (χ3v) is 11.4. The average Bonchev–Trinajstić information content (AvgIpc) is 3.59. The summed E-state index contributed by atoms with van der Waals surface area (Å²) in [4.78, 5) is 44.0. The average molecular weight is 584 g/mol. The number of rotatable bonds is 8. The van der Waals surface area contributed by atoms with Gasteiger partial charge in [-0.15, -0.1) is 6.58 Å². The number of likely N-dealkylation sites (tertiary alicyclic amines) is 1. The molecule has 2 aromatic rings. The molecule has 0 saturated carbocycles. The van der Waals surface area contributed by atoms with E-state index < -0.39 is 31.6 Å². The van der Waals surface area contributed by atoms with E-state index in [2.05, 4.69) is 6.58 Å². The van der Waals surface area contributed by atoms with E-state index in [-0.39, 0.29) is 48.7 Å². The number of aliphatic hydroxyl groups excluding tert-OH is 1. The number of benzene rings is 1. The van der Waals surface area contributed by atoms with Gasteiger partial charge in [-0.2, -0.15) is 0 Å². The Labute approximate surface area is 240 Å². The lowest BCUT2D eigenvalue weighted by atomic mass is 9.82. The molecule has 5 atom stereocenters. The van der Waals surface area contributed by atoms with Crippen LogP contribution in [0.25, 0.3) is 5.69 Å². The van der Waals surface area contributed by atoms with Gasteiger partial charge in [0.2, 0.25) is 14.3 Å². The van der Waals surface area contributed by atoms with Gasteiger partial charge in [-0.1, -0.05) is 13.0 Å². The number of methoxy groups -OCH3 is 1. The van der Waals surface area contributed by atoms with Crippen molar-refractivity contribution < 1.29 is 28.3 Å². The van der Waals surface area contributed by atoms with Gasteiger partial charge in [-0.05, 0) is 56.3 Å². The molecule has 0 aliphatic carbocycles. The lowest BCUT2D eigenvalue weighted by Crippen LogP contribution is -2.45. The minimum Gasteiger partial charge on any atom is -0.491 e. The fourth-order valence-corrected chi connectivity index (χ4v) is 9.67. The van der Waals surface area contributed by atoms with Gasteiger partial charge in [0.15, 0.2) is 11.4 Å². The summed E-state index contributed by atoms with van der Waals surface area (Å²) in [5.41, 5.74) is -0.900. The highest BCUT2D eigenvalue weighted by Gasteiger charge is 2.67. The number of aliphatic hydroxyl groups is 1. The third-order valence-electron chi connectivity index (χ3n) is 8.95. The normalized spacial score (nSPS) is 27.5. The van der Waals surface area contributed by atoms with Crippen molar-refractivity contribution in [3.8, 4) is 11.4 Å². The number of nitrogens with zero attached hydrogens (tertiary/aromatic N) is 3. The van der Waals surface area contributed by atoms with Gasteiger partial charge in [0.05, 0.1) is 38.0 Å². The molecule has 2 amide bonds. The number of pyridine rings is 1. The highest BCUT2D eigenvalue weighted by molar-refractivity contribution is 6.72. The standard InChI is InChI=1S/C30H38FN3O6Si/c1-6-13-34-23-12-11-20(33-15-8-10-24(39-3)28(33)37)16-22(23)30(29(34)38)19(2)27(41(4,5)31)25(40-30)17-26(36)32-14-7-9-21(32)18-35/h6,8,10-12,15-16,19,21,25,27,35H,1,7,9,13-14,17-18H2,2-5H3/t19-,21+,25+,27-,30+/m1/s1. The van der Waals surface area contributed by atoms with Crippen molar-refractivity contribution in [2.75, 3.05) is 31.7 Å². The van der Waals surface area contributed by atoms with E-state index in [1.165, 1.54) is 11.7 Å². The summed E-state index contributed by atoms with van der Waals surface area (Å²) in [7, 11) is -2.05. The van der Waals surface area contributed by atoms with Crippen LogP contribution in [0.4, 0.5) is 9.80 Å². The second kappa shape index (κ2) is 10.8. The van der Waals surface area contributed by atoms with Gasteiger partial charge in [-0.3, -0.25) is 19.0 Å². The Morgan fingerprint density at radius 3 is 2.73 bits per heavy atom. The Hall–Kier alpha value is -3.28. The molecule has 5 rings (SSSR count). The number of aromatic nitrogens is 1. The van der Waals surface area contributed by atoms with Crippen molar-refractivity contribution in [1.29, 1.82) is 0 Å². The van der Waals surface area contributed by atoms with Crippen molar-refractivity contribution >= 4 is 25.9 Å².